The van der Waals surface area contributed by atoms with Crippen molar-refractivity contribution in [2.24, 2.45) is 11.3 Å². The summed E-state index contributed by atoms with van der Waals surface area (Å²) in [6.45, 7) is 20.1. The van der Waals surface area contributed by atoms with Crippen molar-refractivity contribution in [1.82, 2.24) is 10.6 Å². The zero-order chi connectivity index (χ0) is 31.6. The predicted octanol–water partition coefficient (Wildman–Crippen LogP) is 5.58. The molecule has 244 valence electrons. The molecule has 2 fully saturated rings. The van der Waals surface area contributed by atoms with Crippen LogP contribution >= 0.6 is 0 Å². The Kier molecular flexibility index (Phi) is 12.5. The van der Waals surface area contributed by atoms with Crippen LogP contribution in [0.25, 0.3) is 0 Å². The van der Waals surface area contributed by atoms with Crippen LogP contribution in [0.4, 0.5) is 5.69 Å². The lowest BCUT2D eigenvalue weighted by atomic mass is 9.82. The minimum absolute atomic E-state index is 0.143. The molecule has 0 saturated carbocycles. The van der Waals surface area contributed by atoms with E-state index in [0.717, 1.165) is 93.9 Å². The number of nitrogens with one attached hydrogen (secondary N) is 2. The Bertz CT molecular complexity index is 1140. The number of anilines is 1. The van der Waals surface area contributed by atoms with E-state index in [1.807, 2.05) is 12.2 Å². The van der Waals surface area contributed by atoms with Crippen molar-refractivity contribution in [2.45, 2.75) is 83.6 Å². The highest BCUT2D eigenvalue weighted by molar-refractivity contribution is 5.81. The molecular formula is C36H55N3O5. The molecule has 0 unspecified atom stereocenters. The van der Waals surface area contributed by atoms with Gasteiger partial charge in [0.2, 0.25) is 5.91 Å². The molecule has 0 bridgehead atoms. The lowest BCUT2D eigenvalue weighted by Gasteiger charge is -2.44. The molecule has 3 aliphatic heterocycles. The highest BCUT2D eigenvalue weighted by atomic mass is 16.5. The average Bonchev–Trinajstić information content (AvgIpc) is 3.02. The maximum absolute atomic E-state index is 13.0. The van der Waals surface area contributed by atoms with Gasteiger partial charge >= 0.3 is 0 Å². The van der Waals surface area contributed by atoms with E-state index in [0.29, 0.717) is 31.7 Å². The lowest BCUT2D eigenvalue weighted by Crippen LogP contribution is -2.50. The van der Waals surface area contributed by atoms with Crippen LogP contribution in [-0.4, -0.2) is 76.8 Å². The first-order valence-electron chi connectivity index (χ1n) is 16.4. The quantitative estimate of drug-likeness (QED) is 0.199. The molecule has 3 heterocycles. The molecule has 2 N–H and O–H groups in total. The Morgan fingerprint density at radius 1 is 1.23 bits per heavy atom. The summed E-state index contributed by atoms with van der Waals surface area (Å²) >= 11 is 0. The Balaban J connectivity index is 1.29. The zero-order valence-corrected chi connectivity index (χ0v) is 27.5. The standard InChI is InChI=1S/C36H55N3O5/c1-7-10-29(8-2)36(5)26-39(17-9-18-41-6)32-21-28(11-14-33(32)44-36)25-43-31-13-12-30(37-24-31)22-35(3,4)34(40)38-23-27-15-19-42-20-16-27/h7-8,10-11,14,21,27,30-31,37H,1-2,9,12-13,15-20,22-26H2,3-6H3,(H,38,40)/b29-10+/t30-,31+,36+/m0/s1. The van der Waals surface area contributed by atoms with Gasteiger partial charge in [0.25, 0.3) is 0 Å². The first-order valence-corrected chi connectivity index (χ1v) is 16.4. The molecule has 1 amide bonds. The van der Waals surface area contributed by atoms with Crippen LogP contribution in [0.15, 0.2) is 55.2 Å². The Morgan fingerprint density at radius 2 is 2.02 bits per heavy atom. The van der Waals surface area contributed by atoms with Gasteiger partial charge in [0, 0.05) is 58.0 Å². The number of nitrogens with zero attached hydrogens (tertiary/aromatic N) is 1. The summed E-state index contributed by atoms with van der Waals surface area (Å²) in [7, 11) is 1.74. The van der Waals surface area contributed by atoms with Crippen LogP contribution in [0.3, 0.4) is 0 Å². The summed E-state index contributed by atoms with van der Waals surface area (Å²) < 4.78 is 23.8. The number of amides is 1. The van der Waals surface area contributed by atoms with Crippen LogP contribution in [0, 0.1) is 11.3 Å². The molecule has 3 aliphatic rings. The van der Waals surface area contributed by atoms with Crippen LogP contribution in [0.2, 0.25) is 0 Å². The monoisotopic (exact) mass is 609 g/mol. The number of benzene rings is 1. The van der Waals surface area contributed by atoms with Gasteiger partial charge in [0.05, 0.1) is 24.9 Å². The van der Waals surface area contributed by atoms with Crippen molar-refractivity contribution in [3.8, 4) is 5.75 Å². The number of piperidine rings is 1. The van der Waals surface area contributed by atoms with Crippen LogP contribution < -0.4 is 20.3 Å². The smallest absolute Gasteiger partial charge is 0.225 e. The van der Waals surface area contributed by atoms with E-state index in [9.17, 15) is 4.79 Å². The second kappa shape index (κ2) is 16.1. The molecule has 2 saturated heterocycles. The fraction of sp³-hybridized carbons (Fsp3) is 0.639. The van der Waals surface area contributed by atoms with Gasteiger partial charge in [0.15, 0.2) is 0 Å². The maximum atomic E-state index is 13.0. The molecule has 4 rings (SSSR count). The van der Waals surface area contributed by atoms with Crippen molar-refractivity contribution in [3.63, 3.8) is 0 Å². The normalized spacial score (nSPS) is 24.7. The molecular weight excluding hydrogens is 554 g/mol. The Morgan fingerprint density at radius 3 is 2.70 bits per heavy atom. The number of allylic oxidation sites excluding steroid dienone is 2. The van der Waals surface area contributed by atoms with E-state index >= 15 is 0 Å². The number of hydrogen-bond acceptors (Lipinski definition) is 7. The van der Waals surface area contributed by atoms with E-state index in [1.54, 1.807) is 13.2 Å². The molecule has 1 aromatic rings. The fourth-order valence-electron chi connectivity index (χ4n) is 6.60. The SMILES string of the molecule is C=C/C=C(\C=C)[C@@]1(C)CN(CCCOC)c2cc(CO[C@@H]3CC[C@@H](CC(C)(C)C(=O)NCC4CCOCC4)NC3)ccc2O1. The number of rotatable bonds is 15. The summed E-state index contributed by atoms with van der Waals surface area (Å²) in [6.07, 6.45) is 11.5. The van der Waals surface area contributed by atoms with E-state index in [-0.39, 0.29) is 12.0 Å². The summed E-state index contributed by atoms with van der Waals surface area (Å²) in [4.78, 5) is 15.4. The molecule has 3 atom stereocenters. The summed E-state index contributed by atoms with van der Waals surface area (Å²) in [5, 5.41) is 6.87. The van der Waals surface area contributed by atoms with Gasteiger partial charge in [-0.15, -0.1) is 0 Å². The third kappa shape index (κ3) is 9.19. The van der Waals surface area contributed by atoms with Crippen LogP contribution in [0.5, 0.6) is 5.75 Å². The average molecular weight is 610 g/mol. The Labute approximate surface area is 265 Å². The zero-order valence-electron chi connectivity index (χ0n) is 27.5. The van der Waals surface area contributed by atoms with Crippen LogP contribution in [-0.2, 0) is 25.6 Å². The van der Waals surface area contributed by atoms with Crippen LogP contribution in [0.1, 0.15) is 64.9 Å². The van der Waals surface area contributed by atoms with Crippen molar-refractivity contribution >= 4 is 11.6 Å². The van der Waals surface area contributed by atoms with Gasteiger partial charge in [-0.2, -0.15) is 0 Å². The molecule has 0 aliphatic carbocycles. The minimum atomic E-state index is -0.529. The second-order valence-corrected chi connectivity index (χ2v) is 13.4. The van der Waals surface area contributed by atoms with Gasteiger partial charge in [-0.25, -0.2) is 0 Å². The van der Waals surface area contributed by atoms with Crippen molar-refractivity contribution in [2.75, 3.05) is 58.0 Å². The van der Waals surface area contributed by atoms with Gasteiger partial charge in [0.1, 0.15) is 11.4 Å². The van der Waals surface area contributed by atoms with Crippen molar-refractivity contribution in [1.29, 1.82) is 0 Å². The van der Waals surface area contributed by atoms with Gasteiger partial charge < -0.3 is 34.5 Å². The van der Waals surface area contributed by atoms with E-state index in [4.69, 9.17) is 18.9 Å². The summed E-state index contributed by atoms with van der Waals surface area (Å²) in [5.74, 6) is 1.54. The summed E-state index contributed by atoms with van der Waals surface area (Å²) in [5.41, 5.74) is 2.27. The third-order valence-electron chi connectivity index (χ3n) is 9.32. The van der Waals surface area contributed by atoms with E-state index < -0.39 is 11.0 Å². The highest BCUT2D eigenvalue weighted by Crippen LogP contribution is 2.41. The fourth-order valence-corrected chi connectivity index (χ4v) is 6.60. The largest absolute Gasteiger partial charge is 0.479 e. The van der Waals surface area contributed by atoms with Crippen molar-refractivity contribution in [3.05, 3.63) is 60.7 Å². The molecule has 44 heavy (non-hydrogen) atoms. The number of hydrogen-bond donors (Lipinski definition) is 2. The molecule has 0 aromatic heterocycles. The van der Waals surface area contributed by atoms with Gasteiger partial charge in [-0.1, -0.05) is 51.3 Å². The number of fused-ring (bicyclic) bond motifs is 1. The molecule has 1 aromatic carbocycles. The minimum Gasteiger partial charge on any atom is -0.479 e. The molecule has 0 spiro atoms. The van der Waals surface area contributed by atoms with Crippen molar-refractivity contribution < 1.29 is 23.7 Å². The lowest BCUT2D eigenvalue weighted by molar-refractivity contribution is -0.130. The maximum Gasteiger partial charge on any atom is 0.225 e. The second-order valence-electron chi connectivity index (χ2n) is 13.4. The van der Waals surface area contributed by atoms with E-state index in [1.165, 1.54) is 0 Å². The third-order valence-corrected chi connectivity index (χ3v) is 9.32. The number of methoxy groups -OCH3 is 1. The predicted molar refractivity (Wildman–Crippen MR) is 177 cm³/mol. The van der Waals surface area contributed by atoms with E-state index in [2.05, 4.69) is 67.7 Å². The molecule has 8 heteroatoms. The summed E-state index contributed by atoms with van der Waals surface area (Å²) in [6, 6.07) is 6.68. The first-order chi connectivity index (χ1) is 21.2. The topological polar surface area (TPSA) is 81.3 Å². The number of carbonyl (C=O) groups is 1. The number of carbonyl (C=O) groups excluding carboxylic acids is 1. The molecule has 0 radical (unpaired) electrons. The number of ether oxygens (including phenoxy) is 4. The van der Waals surface area contributed by atoms with Gasteiger partial charge in [-0.3, -0.25) is 4.79 Å². The van der Waals surface area contributed by atoms with Gasteiger partial charge in [-0.05, 0) is 74.6 Å². The first kappa shape index (κ1) is 34.2. The highest BCUT2D eigenvalue weighted by Gasteiger charge is 2.38. The molecule has 8 nitrogen and oxygen atoms in total. The Hall–Kier alpha value is -2.65.